The Labute approximate surface area is 133 Å². The van der Waals surface area contributed by atoms with Gasteiger partial charge in [0, 0.05) is 56.1 Å². The van der Waals surface area contributed by atoms with Crippen molar-refractivity contribution >= 4 is 15.9 Å². The second-order valence-electron chi connectivity index (χ2n) is 6.33. The van der Waals surface area contributed by atoms with E-state index in [9.17, 15) is 5.11 Å². The summed E-state index contributed by atoms with van der Waals surface area (Å²) in [5.41, 5.74) is 2.41. The van der Waals surface area contributed by atoms with Crippen LogP contribution in [0, 0.1) is 0 Å². The lowest BCUT2D eigenvalue weighted by atomic mass is 9.95. The summed E-state index contributed by atoms with van der Waals surface area (Å²) >= 11 is 3.58. The molecule has 0 radical (unpaired) electrons. The third-order valence-corrected chi connectivity index (χ3v) is 5.48. The zero-order valence-electron chi connectivity index (χ0n) is 12.1. The van der Waals surface area contributed by atoms with E-state index in [1.165, 1.54) is 5.56 Å². The molecule has 2 unspecified atom stereocenters. The minimum atomic E-state index is -0.323. The third-order valence-electron chi connectivity index (χ3n) is 5.02. The van der Waals surface area contributed by atoms with Crippen LogP contribution in [0.15, 0.2) is 16.6 Å². The lowest BCUT2D eigenvalue weighted by Gasteiger charge is -2.49. The van der Waals surface area contributed by atoms with E-state index in [0.717, 1.165) is 61.5 Å². The third kappa shape index (κ3) is 2.61. The van der Waals surface area contributed by atoms with Crippen molar-refractivity contribution in [2.75, 3.05) is 39.3 Å². The molecule has 0 amide bonds. The first-order valence-electron chi connectivity index (χ1n) is 7.79. The number of aliphatic hydroxyl groups is 1. The Morgan fingerprint density at radius 1 is 1.29 bits per heavy atom. The molecule has 0 saturated carbocycles. The van der Waals surface area contributed by atoms with Gasteiger partial charge in [-0.1, -0.05) is 15.9 Å². The number of halogens is 1. The first-order valence-corrected chi connectivity index (χ1v) is 8.58. The molecule has 0 spiro atoms. The number of ether oxygens (including phenoxy) is 1. The van der Waals surface area contributed by atoms with Crippen LogP contribution in [0.3, 0.4) is 0 Å². The molecule has 5 heteroatoms. The molecule has 1 N–H and O–H groups in total. The zero-order valence-corrected chi connectivity index (χ0v) is 13.7. The fourth-order valence-corrected chi connectivity index (χ4v) is 4.43. The van der Waals surface area contributed by atoms with Crippen molar-refractivity contribution in [2.24, 2.45) is 0 Å². The lowest BCUT2D eigenvalue weighted by Crippen LogP contribution is -2.64. The maximum Gasteiger partial charge on any atom is 0.125 e. The molecule has 0 aliphatic carbocycles. The minimum absolute atomic E-state index is 0.267. The van der Waals surface area contributed by atoms with Crippen LogP contribution in [0.4, 0.5) is 0 Å². The SMILES string of the molecule is OC(Cc1cc(Br)cc2c1OCC2)C1CN2CCN1CC2. The molecule has 5 rings (SSSR count). The number of hydrogen-bond acceptors (Lipinski definition) is 4. The summed E-state index contributed by atoms with van der Waals surface area (Å²) < 4.78 is 6.87. The molecule has 4 heterocycles. The first kappa shape index (κ1) is 14.0. The van der Waals surface area contributed by atoms with E-state index in [2.05, 4.69) is 37.9 Å². The van der Waals surface area contributed by atoms with Crippen molar-refractivity contribution in [3.05, 3.63) is 27.7 Å². The topological polar surface area (TPSA) is 35.9 Å². The van der Waals surface area contributed by atoms with Crippen LogP contribution in [-0.4, -0.2) is 66.4 Å². The maximum absolute atomic E-state index is 10.7. The quantitative estimate of drug-likeness (QED) is 0.889. The normalized spacial score (nSPS) is 31.8. The van der Waals surface area contributed by atoms with Crippen molar-refractivity contribution in [2.45, 2.75) is 25.0 Å². The molecule has 21 heavy (non-hydrogen) atoms. The summed E-state index contributed by atoms with van der Waals surface area (Å²) in [5, 5.41) is 10.7. The smallest absolute Gasteiger partial charge is 0.125 e. The van der Waals surface area contributed by atoms with E-state index in [1.807, 2.05) is 0 Å². The molecule has 3 saturated heterocycles. The van der Waals surface area contributed by atoms with Crippen LogP contribution in [0.2, 0.25) is 0 Å². The van der Waals surface area contributed by atoms with E-state index in [1.54, 1.807) is 0 Å². The highest BCUT2D eigenvalue weighted by Gasteiger charge is 2.36. The van der Waals surface area contributed by atoms with E-state index in [4.69, 9.17) is 4.74 Å². The zero-order chi connectivity index (χ0) is 14.4. The van der Waals surface area contributed by atoms with Gasteiger partial charge >= 0.3 is 0 Å². The van der Waals surface area contributed by atoms with Crippen molar-refractivity contribution in [1.82, 2.24) is 9.80 Å². The summed E-state index contributed by atoms with van der Waals surface area (Å²) in [5.74, 6) is 1.01. The van der Waals surface area contributed by atoms with Crippen LogP contribution >= 0.6 is 15.9 Å². The summed E-state index contributed by atoms with van der Waals surface area (Å²) in [7, 11) is 0. The van der Waals surface area contributed by atoms with Crippen LogP contribution < -0.4 is 4.74 Å². The van der Waals surface area contributed by atoms with Crippen LogP contribution in [0.25, 0.3) is 0 Å². The highest BCUT2D eigenvalue weighted by molar-refractivity contribution is 9.10. The van der Waals surface area contributed by atoms with Crippen molar-refractivity contribution < 1.29 is 9.84 Å². The van der Waals surface area contributed by atoms with Crippen LogP contribution in [-0.2, 0) is 12.8 Å². The number of piperazine rings is 3. The van der Waals surface area contributed by atoms with Gasteiger partial charge in [0.15, 0.2) is 0 Å². The Balaban J connectivity index is 1.53. The number of fused-ring (bicyclic) bond motifs is 4. The van der Waals surface area contributed by atoms with Gasteiger partial charge in [-0.25, -0.2) is 0 Å². The average Bonchev–Trinajstić information content (AvgIpc) is 2.96. The van der Waals surface area contributed by atoms with Crippen molar-refractivity contribution in [3.63, 3.8) is 0 Å². The molecule has 4 nitrogen and oxygen atoms in total. The van der Waals surface area contributed by atoms with Crippen LogP contribution in [0.5, 0.6) is 5.75 Å². The summed E-state index contributed by atoms with van der Waals surface area (Å²) in [4.78, 5) is 4.92. The summed E-state index contributed by atoms with van der Waals surface area (Å²) in [6.07, 6.45) is 1.33. The van der Waals surface area contributed by atoms with E-state index < -0.39 is 0 Å². The van der Waals surface area contributed by atoms with Gasteiger partial charge in [0.2, 0.25) is 0 Å². The number of rotatable bonds is 3. The molecule has 114 valence electrons. The minimum Gasteiger partial charge on any atom is -0.493 e. The first-order chi connectivity index (χ1) is 10.2. The van der Waals surface area contributed by atoms with E-state index in [-0.39, 0.29) is 12.1 Å². The largest absolute Gasteiger partial charge is 0.493 e. The molecule has 0 aromatic heterocycles. The van der Waals surface area contributed by atoms with Crippen molar-refractivity contribution in [3.8, 4) is 5.75 Å². The van der Waals surface area contributed by atoms with Gasteiger partial charge < -0.3 is 9.84 Å². The molecule has 4 aliphatic heterocycles. The Bertz CT molecular complexity index is 543. The number of nitrogens with zero attached hydrogens (tertiary/aromatic N) is 2. The number of benzene rings is 1. The highest BCUT2D eigenvalue weighted by Crippen LogP contribution is 2.34. The Hall–Kier alpha value is -0.620. The molecular formula is C16H21BrN2O2. The Kier molecular flexibility index (Phi) is 3.69. The fraction of sp³-hybridized carbons (Fsp3) is 0.625. The molecule has 3 fully saturated rings. The van der Waals surface area contributed by atoms with Gasteiger partial charge in [0.1, 0.15) is 5.75 Å². The van der Waals surface area contributed by atoms with Gasteiger partial charge in [-0.2, -0.15) is 0 Å². The standard InChI is InChI=1S/C16H21BrN2O2/c17-13-7-11-1-6-21-16(11)12(8-13)9-15(20)14-10-18-2-4-19(14)5-3-18/h7-8,14-15,20H,1-6,9-10H2. The Morgan fingerprint density at radius 2 is 2.10 bits per heavy atom. The maximum atomic E-state index is 10.7. The molecule has 1 aromatic rings. The predicted octanol–water partition coefficient (Wildman–Crippen LogP) is 1.29. The molecule has 2 atom stereocenters. The van der Waals surface area contributed by atoms with Gasteiger partial charge in [0.25, 0.3) is 0 Å². The van der Waals surface area contributed by atoms with Crippen molar-refractivity contribution in [1.29, 1.82) is 0 Å². The number of aliphatic hydroxyl groups excluding tert-OH is 1. The lowest BCUT2D eigenvalue weighted by molar-refractivity contribution is -0.0454. The summed E-state index contributed by atoms with van der Waals surface area (Å²) in [6.45, 7) is 6.25. The fourth-order valence-electron chi connectivity index (χ4n) is 3.88. The second-order valence-corrected chi connectivity index (χ2v) is 7.24. The van der Waals surface area contributed by atoms with Gasteiger partial charge in [-0.15, -0.1) is 0 Å². The molecular weight excluding hydrogens is 332 g/mol. The van der Waals surface area contributed by atoms with E-state index >= 15 is 0 Å². The molecule has 1 aromatic carbocycles. The van der Waals surface area contributed by atoms with Gasteiger partial charge in [0.05, 0.1) is 12.7 Å². The second kappa shape index (κ2) is 5.54. The average molecular weight is 353 g/mol. The number of hydrogen-bond donors (Lipinski definition) is 1. The monoisotopic (exact) mass is 352 g/mol. The highest BCUT2D eigenvalue weighted by atomic mass is 79.9. The van der Waals surface area contributed by atoms with Crippen LogP contribution in [0.1, 0.15) is 11.1 Å². The van der Waals surface area contributed by atoms with Gasteiger partial charge in [-0.05, 0) is 23.3 Å². The van der Waals surface area contributed by atoms with E-state index in [0.29, 0.717) is 6.42 Å². The molecule has 4 aliphatic rings. The molecule has 2 bridgehead atoms. The van der Waals surface area contributed by atoms with Gasteiger partial charge in [-0.3, -0.25) is 9.80 Å². The Morgan fingerprint density at radius 3 is 2.81 bits per heavy atom. The predicted molar refractivity (Wildman–Crippen MR) is 84.9 cm³/mol. The summed E-state index contributed by atoms with van der Waals surface area (Å²) in [6, 6.07) is 4.50.